The SMILES string of the molecule is O=C(NCCc1ccccc1)C(=O)NC[C@H](c1ccco1)N1CCc2ccccc2C1. The molecule has 6 heteroatoms. The van der Waals surface area contributed by atoms with Gasteiger partial charge >= 0.3 is 11.8 Å². The van der Waals surface area contributed by atoms with Crippen LogP contribution in [0.5, 0.6) is 0 Å². The van der Waals surface area contributed by atoms with Gasteiger partial charge in [0.15, 0.2) is 0 Å². The molecule has 0 fully saturated rings. The Kier molecular flexibility index (Phi) is 6.79. The topological polar surface area (TPSA) is 74.6 Å². The lowest BCUT2D eigenvalue weighted by Gasteiger charge is -2.34. The third-order valence-electron chi connectivity index (χ3n) is 5.68. The molecule has 0 bridgehead atoms. The highest BCUT2D eigenvalue weighted by atomic mass is 16.3. The van der Waals surface area contributed by atoms with Crippen molar-refractivity contribution < 1.29 is 14.0 Å². The van der Waals surface area contributed by atoms with E-state index in [1.54, 1.807) is 6.26 Å². The molecule has 0 spiro atoms. The molecule has 31 heavy (non-hydrogen) atoms. The van der Waals surface area contributed by atoms with Crippen molar-refractivity contribution in [2.75, 3.05) is 19.6 Å². The van der Waals surface area contributed by atoms with Crippen LogP contribution in [0.15, 0.2) is 77.4 Å². The van der Waals surface area contributed by atoms with Crippen LogP contribution in [0, 0.1) is 0 Å². The van der Waals surface area contributed by atoms with E-state index < -0.39 is 11.8 Å². The molecule has 0 unspecified atom stereocenters. The lowest BCUT2D eigenvalue weighted by atomic mass is 9.98. The predicted octanol–water partition coefficient (Wildman–Crippen LogP) is 2.85. The van der Waals surface area contributed by atoms with E-state index in [1.165, 1.54) is 11.1 Å². The van der Waals surface area contributed by atoms with Crippen LogP contribution in [0.3, 0.4) is 0 Å². The average molecular weight is 418 g/mol. The first-order valence-corrected chi connectivity index (χ1v) is 10.6. The van der Waals surface area contributed by atoms with Gasteiger partial charge < -0.3 is 15.1 Å². The van der Waals surface area contributed by atoms with Crippen LogP contribution in [0.4, 0.5) is 0 Å². The molecule has 2 aromatic carbocycles. The van der Waals surface area contributed by atoms with E-state index in [1.807, 2.05) is 48.5 Å². The number of furan rings is 1. The molecule has 3 aromatic rings. The fourth-order valence-electron chi connectivity index (χ4n) is 3.99. The number of nitrogens with zero attached hydrogens (tertiary/aromatic N) is 1. The minimum atomic E-state index is -0.623. The molecule has 2 amide bonds. The minimum Gasteiger partial charge on any atom is -0.468 e. The fraction of sp³-hybridized carbons (Fsp3) is 0.280. The van der Waals surface area contributed by atoms with Gasteiger partial charge in [-0.25, -0.2) is 0 Å². The summed E-state index contributed by atoms with van der Waals surface area (Å²) in [6.45, 7) is 2.36. The van der Waals surface area contributed by atoms with Crippen molar-refractivity contribution in [1.29, 1.82) is 0 Å². The van der Waals surface area contributed by atoms with Crippen LogP contribution in [0.2, 0.25) is 0 Å². The summed E-state index contributed by atoms with van der Waals surface area (Å²) < 4.78 is 5.65. The first kappa shape index (κ1) is 20.9. The van der Waals surface area contributed by atoms with E-state index in [4.69, 9.17) is 4.42 Å². The lowest BCUT2D eigenvalue weighted by molar-refractivity contribution is -0.139. The van der Waals surface area contributed by atoms with Crippen LogP contribution < -0.4 is 10.6 Å². The number of carbonyl (C=O) groups excluding carboxylic acids is 2. The second kappa shape index (κ2) is 10.1. The van der Waals surface area contributed by atoms with E-state index in [0.29, 0.717) is 19.5 Å². The average Bonchev–Trinajstić information content (AvgIpc) is 3.34. The maximum atomic E-state index is 12.4. The first-order chi connectivity index (χ1) is 15.2. The maximum absolute atomic E-state index is 12.4. The Morgan fingerprint density at radius 2 is 1.65 bits per heavy atom. The summed E-state index contributed by atoms with van der Waals surface area (Å²) in [5.74, 6) is -0.454. The van der Waals surface area contributed by atoms with Crippen LogP contribution in [0.25, 0.3) is 0 Å². The maximum Gasteiger partial charge on any atom is 0.309 e. The zero-order valence-corrected chi connectivity index (χ0v) is 17.4. The Balaban J connectivity index is 1.32. The van der Waals surface area contributed by atoms with Gasteiger partial charge in [0, 0.05) is 26.2 Å². The van der Waals surface area contributed by atoms with Gasteiger partial charge in [0.1, 0.15) is 5.76 Å². The third kappa shape index (κ3) is 5.41. The Morgan fingerprint density at radius 1 is 0.903 bits per heavy atom. The monoisotopic (exact) mass is 417 g/mol. The van der Waals surface area contributed by atoms with E-state index >= 15 is 0 Å². The van der Waals surface area contributed by atoms with Crippen molar-refractivity contribution in [2.45, 2.75) is 25.4 Å². The Morgan fingerprint density at radius 3 is 2.42 bits per heavy atom. The van der Waals surface area contributed by atoms with E-state index in [-0.39, 0.29) is 6.04 Å². The summed E-state index contributed by atoms with van der Waals surface area (Å²) in [6, 6.07) is 21.9. The standard InChI is InChI=1S/C25H27N3O3/c29-24(26-14-12-19-7-2-1-3-8-19)25(30)27-17-22(23-11-6-16-31-23)28-15-13-20-9-4-5-10-21(20)18-28/h1-11,16,22H,12-15,17-18H2,(H,26,29)(H,27,30)/t22-/m1/s1. The molecular weight excluding hydrogens is 390 g/mol. The summed E-state index contributed by atoms with van der Waals surface area (Å²) in [5.41, 5.74) is 3.76. The number of amides is 2. The second-order valence-corrected chi connectivity index (χ2v) is 7.72. The summed E-state index contributed by atoms with van der Waals surface area (Å²) in [6.07, 6.45) is 3.27. The molecule has 0 saturated heterocycles. The van der Waals surface area contributed by atoms with E-state index in [0.717, 1.165) is 30.8 Å². The van der Waals surface area contributed by atoms with Crippen molar-refractivity contribution in [2.24, 2.45) is 0 Å². The molecule has 160 valence electrons. The quantitative estimate of drug-likeness (QED) is 0.580. The smallest absolute Gasteiger partial charge is 0.309 e. The molecule has 2 heterocycles. The van der Waals surface area contributed by atoms with Crippen LogP contribution in [-0.2, 0) is 29.0 Å². The van der Waals surface area contributed by atoms with Gasteiger partial charge in [0.05, 0.1) is 12.3 Å². The summed E-state index contributed by atoms with van der Waals surface area (Å²) in [7, 11) is 0. The minimum absolute atomic E-state index is 0.135. The molecule has 1 atom stereocenters. The van der Waals surface area contributed by atoms with Crippen molar-refractivity contribution in [3.8, 4) is 0 Å². The zero-order valence-electron chi connectivity index (χ0n) is 17.4. The molecule has 0 saturated carbocycles. The van der Waals surface area contributed by atoms with Gasteiger partial charge in [0.25, 0.3) is 0 Å². The van der Waals surface area contributed by atoms with Gasteiger partial charge in [-0.2, -0.15) is 0 Å². The van der Waals surface area contributed by atoms with Gasteiger partial charge in [-0.3, -0.25) is 14.5 Å². The molecule has 6 nitrogen and oxygen atoms in total. The second-order valence-electron chi connectivity index (χ2n) is 7.72. The number of fused-ring (bicyclic) bond motifs is 1. The van der Waals surface area contributed by atoms with E-state index in [2.05, 4.69) is 33.7 Å². The summed E-state index contributed by atoms with van der Waals surface area (Å²) >= 11 is 0. The van der Waals surface area contributed by atoms with E-state index in [9.17, 15) is 9.59 Å². The number of rotatable bonds is 7. The highest BCUT2D eigenvalue weighted by molar-refractivity contribution is 6.35. The number of hydrogen-bond donors (Lipinski definition) is 2. The molecule has 1 aromatic heterocycles. The predicted molar refractivity (Wildman–Crippen MR) is 118 cm³/mol. The molecule has 0 aliphatic carbocycles. The van der Waals surface area contributed by atoms with Gasteiger partial charge in [-0.1, -0.05) is 54.6 Å². The first-order valence-electron chi connectivity index (χ1n) is 10.6. The fourth-order valence-corrected chi connectivity index (χ4v) is 3.99. The number of nitrogens with one attached hydrogen (secondary N) is 2. The largest absolute Gasteiger partial charge is 0.468 e. The molecule has 1 aliphatic heterocycles. The van der Waals surface area contributed by atoms with Gasteiger partial charge in [-0.15, -0.1) is 0 Å². The normalized spacial score (nSPS) is 14.5. The van der Waals surface area contributed by atoms with Crippen molar-refractivity contribution in [3.05, 3.63) is 95.4 Å². The van der Waals surface area contributed by atoms with Gasteiger partial charge in [-0.05, 0) is 41.7 Å². The number of carbonyl (C=O) groups is 2. The molecule has 1 aliphatic rings. The lowest BCUT2D eigenvalue weighted by Crippen LogP contribution is -2.45. The summed E-state index contributed by atoms with van der Waals surface area (Å²) in [5, 5.41) is 5.48. The van der Waals surface area contributed by atoms with Crippen LogP contribution in [-0.4, -0.2) is 36.3 Å². The summed E-state index contributed by atoms with van der Waals surface area (Å²) in [4.78, 5) is 26.9. The Bertz CT molecular complexity index is 1000. The molecule has 4 rings (SSSR count). The van der Waals surface area contributed by atoms with Gasteiger partial charge in [0.2, 0.25) is 0 Å². The molecular formula is C25H27N3O3. The van der Waals surface area contributed by atoms with Crippen molar-refractivity contribution >= 4 is 11.8 Å². The Hall–Kier alpha value is -3.38. The van der Waals surface area contributed by atoms with Crippen molar-refractivity contribution in [1.82, 2.24) is 15.5 Å². The third-order valence-corrected chi connectivity index (χ3v) is 5.68. The molecule has 0 radical (unpaired) electrons. The molecule has 2 N–H and O–H groups in total. The van der Waals surface area contributed by atoms with Crippen LogP contribution in [0.1, 0.15) is 28.5 Å². The number of hydrogen-bond acceptors (Lipinski definition) is 4. The highest BCUT2D eigenvalue weighted by Crippen LogP contribution is 2.27. The number of benzene rings is 2. The highest BCUT2D eigenvalue weighted by Gasteiger charge is 2.27. The van der Waals surface area contributed by atoms with Crippen LogP contribution >= 0.6 is 0 Å². The van der Waals surface area contributed by atoms with Crippen molar-refractivity contribution in [3.63, 3.8) is 0 Å². The Labute approximate surface area is 182 Å². The zero-order chi connectivity index (χ0) is 21.5.